The first-order chi connectivity index (χ1) is 10.2. The van der Waals surface area contributed by atoms with Gasteiger partial charge in [-0.3, -0.25) is 4.79 Å². The van der Waals surface area contributed by atoms with Gasteiger partial charge in [0.25, 0.3) is 0 Å². The van der Waals surface area contributed by atoms with E-state index < -0.39 is 0 Å². The van der Waals surface area contributed by atoms with Gasteiger partial charge in [-0.25, -0.2) is 0 Å². The van der Waals surface area contributed by atoms with Gasteiger partial charge in [-0.15, -0.1) is 0 Å². The second-order valence-corrected chi connectivity index (χ2v) is 5.74. The lowest BCUT2D eigenvalue weighted by atomic mass is 10.2. The highest BCUT2D eigenvalue weighted by molar-refractivity contribution is 5.81. The molecule has 1 saturated carbocycles. The zero-order valence-electron chi connectivity index (χ0n) is 12.5. The van der Waals surface area contributed by atoms with Gasteiger partial charge in [0.1, 0.15) is 0 Å². The quantitative estimate of drug-likeness (QED) is 0.893. The summed E-state index contributed by atoms with van der Waals surface area (Å²) in [5.41, 5.74) is 2.20. The van der Waals surface area contributed by atoms with Crippen LogP contribution in [0, 0.1) is 0 Å². The summed E-state index contributed by atoms with van der Waals surface area (Å²) in [6.07, 6.45) is 2.30. The Balaban J connectivity index is 1.50. The number of nitrogens with zero attached hydrogens (tertiary/aromatic N) is 2. The Morgan fingerprint density at radius 3 is 2.57 bits per heavy atom. The van der Waals surface area contributed by atoms with Crippen LogP contribution in [-0.2, 0) is 9.53 Å². The maximum absolute atomic E-state index is 12.0. The van der Waals surface area contributed by atoms with E-state index in [2.05, 4.69) is 22.3 Å². The van der Waals surface area contributed by atoms with Gasteiger partial charge in [0.2, 0.25) is 5.91 Å². The molecule has 21 heavy (non-hydrogen) atoms. The van der Waals surface area contributed by atoms with E-state index in [1.807, 2.05) is 24.1 Å². The number of hydrogen-bond donors (Lipinski definition) is 1. The third-order valence-electron chi connectivity index (χ3n) is 4.18. The van der Waals surface area contributed by atoms with Gasteiger partial charge >= 0.3 is 0 Å². The van der Waals surface area contributed by atoms with Crippen molar-refractivity contribution in [3.63, 3.8) is 0 Å². The predicted molar refractivity (Wildman–Crippen MR) is 83.8 cm³/mol. The highest BCUT2D eigenvalue weighted by Gasteiger charge is 2.29. The Morgan fingerprint density at radius 2 is 1.95 bits per heavy atom. The number of amides is 1. The van der Waals surface area contributed by atoms with E-state index in [4.69, 9.17) is 4.74 Å². The summed E-state index contributed by atoms with van der Waals surface area (Å²) in [6, 6.07) is 8.75. The fraction of sp³-hybridized carbons (Fsp3) is 0.562. The molecule has 0 radical (unpaired) electrons. The van der Waals surface area contributed by atoms with E-state index in [1.165, 1.54) is 5.69 Å². The number of anilines is 2. The molecule has 1 aliphatic carbocycles. The van der Waals surface area contributed by atoms with Crippen LogP contribution in [0.3, 0.4) is 0 Å². The third kappa shape index (κ3) is 3.67. The highest BCUT2D eigenvalue weighted by Crippen LogP contribution is 2.25. The van der Waals surface area contributed by atoms with E-state index in [9.17, 15) is 4.79 Å². The van der Waals surface area contributed by atoms with Crippen molar-refractivity contribution in [1.82, 2.24) is 4.90 Å². The molecule has 1 aromatic carbocycles. The molecule has 1 N–H and O–H groups in total. The average molecular weight is 289 g/mol. The molecule has 2 fully saturated rings. The summed E-state index contributed by atoms with van der Waals surface area (Å²) in [7, 11) is 1.89. The predicted octanol–water partition coefficient (Wildman–Crippen LogP) is 1.56. The van der Waals surface area contributed by atoms with Crippen molar-refractivity contribution in [3.05, 3.63) is 24.3 Å². The topological polar surface area (TPSA) is 44.8 Å². The van der Waals surface area contributed by atoms with Gasteiger partial charge in [-0.1, -0.05) is 0 Å². The van der Waals surface area contributed by atoms with Crippen LogP contribution in [0.25, 0.3) is 0 Å². The van der Waals surface area contributed by atoms with Gasteiger partial charge in [0.15, 0.2) is 0 Å². The number of rotatable bonds is 5. The minimum absolute atomic E-state index is 0.162. The molecule has 114 valence electrons. The molecule has 1 aliphatic heterocycles. The van der Waals surface area contributed by atoms with E-state index in [0.717, 1.165) is 44.8 Å². The lowest BCUT2D eigenvalue weighted by molar-refractivity contribution is -0.128. The first-order valence-electron chi connectivity index (χ1n) is 7.66. The van der Waals surface area contributed by atoms with Gasteiger partial charge in [0.05, 0.1) is 19.8 Å². The van der Waals surface area contributed by atoms with Gasteiger partial charge in [-0.05, 0) is 37.1 Å². The first kappa shape index (κ1) is 14.2. The molecule has 0 bridgehead atoms. The Kier molecular flexibility index (Phi) is 4.29. The summed E-state index contributed by atoms with van der Waals surface area (Å²) in [5.74, 6) is 0.162. The Bertz CT molecular complexity index is 479. The van der Waals surface area contributed by atoms with Crippen molar-refractivity contribution >= 4 is 17.3 Å². The van der Waals surface area contributed by atoms with E-state index in [-0.39, 0.29) is 5.91 Å². The van der Waals surface area contributed by atoms with Crippen molar-refractivity contribution in [2.75, 3.05) is 50.1 Å². The molecular formula is C16H23N3O2. The number of carbonyl (C=O) groups excluding carboxylic acids is 1. The molecule has 3 rings (SSSR count). The number of hydrogen-bond acceptors (Lipinski definition) is 4. The molecule has 5 heteroatoms. The van der Waals surface area contributed by atoms with Crippen molar-refractivity contribution in [2.45, 2.75) is 18.9 Å². The van der Waals surface area contributed by atoms with Crippen LogP contribution < -0.4 is 10.2 Å². The minimum Gasteiger partial charge on any atom is -0.378 e. The zero-order valence-corrected chi connectivity index (χ0v) is 12.5. The van der Waals surface area contributed by atoms with Crippen molar-refractivity contribution in [2.24, 2.45) is 0 Å². The van der Waals surface area contributed by atoms with Crippen LogP contribution in [0.1, 0.15) is 12.8 Å². The number of nitrogens with one attached hydrogen (secondary N) is 1. The molecule has 1 heterocycles. The Morgan fingerprint density at radius 1 is 1.29 bits per heavy atom. The zero-order chi connectivity index (χ0) is 14.7. The van der Waals surface area contributed by atoms with Crippen molar-refractivity contribution in [1.29, 1.82) is 0 Å². The minimum atomic E-state index is 0.162. The summed E-state index contributed by atoms with van der Waals surface area (Å²) >= 11 is 0. The summed E-state index contributed by atoms with van der Waals surface area (Å²) in [4.78, 5) is 16.1. The first-order valence-corrected chi connectivity index (χ1v) is 7.66. The molecule has 1 saturated heterocycles. The lowest BCUT2D eigenvalue weighted by Gasteiger charge is -2.29. The molecule has 0 atom stereocenters. The lowest BCUT2D eigenvalue weighted by Crippen LogP contribution is -2.36. The molecule has 0 unspecified atom stereocenters. The average Bonchev–Trinajstić information content (AvgIpc) is 3.38. The smallest absolute Gasteiger partial charge is 0.241 e. The van der Waals surface area contributed by atoms with E-state index >= 15 is 0 Å². The second-order valence-electron chi connectivity index (χ2n) is 5.74. The number of ether oxygens (including phenoxy) is 1. The summed E-state index contributed by atoms with van der Waals surface area (Å²) in [6.45, 7) is 3.84. The highest BCUT2D eigenvalue weighted by atomic mass is 16.5. The van der Waals surface area contributed by atoms with Gasteiger partial charge in [-0.2, -0.15) is 0 Å². The fourth-order valence-electron chi connectivity index (χ4n) is 2.58. The number of morpholine rings is 1. The molecule has 1 amide bonds. The maximum atomic E-state index is 12.0. The molecule has 5 nitrogen and oxygen atoms in total. The molecule has 2 aliphatic rings. The second kappa shape index (κ2) is 6.35. The number of benzene rings is 1. The largest absolute Gasteiger partial charge is 0.378 e. The molecule has 0 spiro atoms. The number of likely N-dealkylation sites (N-methyl/N-ethyl adjacent to an activating group) is 1. The van der Waals surface area contributed by atoms with Crippen LogP contribution in [-0.4, -0.2) is 56.7 Å². The maximum Gasteiger partial charge on any atom is 0.241 e. The standard InChI is InChI=1S/C16H23N3O2/c1-18(14-6-7-14)16(20)12-17-13-2-4-15(5-3-13)19-8-10-21-11-9-19/h2-5,14,17H,6-12H2,1H3. The van der Waals surface area contributed by atoms with Gasteiger partial charge < -0.3 is 19.9 Å². The Labute approximate surface area is 125 Å². The monoisotopic (exact) mass is 289 g/mol. The fourth-order valence-corrected chi connectivity index (χ4v) is 2.58. The van der Waals surface area contributed by atoms with Crippen LogP contribution in [0.5, 0.6) is 0 Å². The normalized spacial score (nSPS) is 18.4. The molecule has 1 aromatic rings. The molecular weight excluding hydrogens is 266 g/mol. The van der Waals surface area contributed by atoms with Crippen LogP contribution in [0.15, 0.2) is 24.3 Å². The summed E-state index contributed by atoms with van der Waals surface area (Å²) < 4.78 is 5.36. The molecule has 0 aromatic heterocycles. The Hall–Kier alpha value is -1.75. The van der Waals surface area contributed by atoms with Crippen LogP contribution >= 0.6 is 0 Å². The number of carbonyl (C=O) groups is 1. The third-order valence-corrected chi connectivity index (χ3v) is 4.18. The van der Waals surface area contributed by atoms with E-state index in [0.29, 0.717) is 12.6 Å². The van der Waals surface area contributed by atoms with Gasteiger partial charge in [0, 0.05) is 37.6 Å². The van der Waals surface area contributed by atoms with E-state index in [1.54, 1.807) is 0 Å². The summed E-state index contributed by atoms with van der Waals surface area (Å²) in [5, 5.41) is 3.20. The van der Waals surface area contributed by atoms with Crippen LogP contribution in [0.2, 0.25) is 0 Å². The SMILES string of the molecule is CN(C(=O)CNc1ccc(N2CCOCC2)cc1)C1CC1. The van der Waals surface area contributed by atoms with Crippen molar-refractivity contribution < 1.29 is 9.53 Å². The van der Waals surface area contributed by atoms with Crippen molar-refractivity contribution in [3.8, 4) is 0 Å². The van der Waals surface area contributed by atoms with Crippen LogP contribution in [0.4, 0.5) is 11.4 Å².